The Kier molecular flexibility index (Phi) is 5.84. The molecule has 1 aromatic heterocycles. The van der Waals surface area contributed by atoms with E-state index in [4.69, 9.17) is 4.98 Å². The smallest absolute Gasteiger partial charge is 0.243 e. The zero-order chi connectivity index (χ0) is 23.2. The van der Waals surface area contributed by atoms with Crippen LogP contribution in [-0.4, -0.2) is 67.3 Å². The number of thiazole rings is 1. The number of rotatable bonds is 4. The van der Waals surface area contributed by atoms with Crippen LogP contribution in [0.3, 0.4) is 0 Å². The molecule has 0 spiro atoms. The first-order valence-electron chi connectivity index (χ1n) is 11.0. The van der Waals surface area contributed by atoms with E-state index in [0.717, 1.165) is 27.5 Å². The SMILES string of the molecule is Cc1ccc2nc(N3CCN(C(=O)[C@H]4CCCN4S(=O)(=O)c4ccc(F)cc4)CC3)sc2c1. The Bertz CT molecular complexity index is 1280. The molecule has 33 heavy (non-hydrogen) atoms. The lowest BCUT2D eigenvalue weighted by molar-refractivity contribution is -0.134. The minimum Gasteiger partial charge on any atom is -0.345 e. The summed E-state index contributed by atoms with van der Waals surface area (Å²) in [4.78, 5) is 22.0. The first-order chi connectivity index (χ1) is 15.8. The van der Waals surface area contributed by atoms with E-state index in [-0.39, 0.29) is 10.8 Å². The van der Waals surface area contributed by atoms with Crippen LogP contribution in [0.2, 0.25) is 0 Å². The number of anilines is 1. The number of hydrogen-bond acceptors (Lipinski definition) is 6. The molecule has 2 aromatic carbocycles. The van der Waals surface area contributed by atoms with Crippen LogP contribution in [-0.2, 0) is 14.8 Å². The average molecular weight is 489 g/mol. The summed E-state index contributed by atoms with van der Waals surface area (Å²) in [6, 6.07) is 10.3. The van der Waals surface area contributed by atoms with E-state index in [1.165, 1.54) is 22.0 Å². The zero-order valence-corrected chi connectivity index (χ0v) is 19.9. The second kappa shape index (κ2) is 8.66. The van der Waals surface area contributed by atoms with Gasteiger partial charge in [-0.1, -0.05) is 17.4 Å². The predicted molar refractivity (Wildman–Crippen MR) is 126 cm³/mol. The summed E-state index contributed by atoms with van der Waals surface area (Å²) in [7, 11) is -3.86. The highest BCUT2D eigenvalue weighted by Crippen LogP contribution is 2.31. The lowest BCUT2D eigenvalue weighted by atomic mass is 10.2. The van der Waals surface area contributed by atoms with Crippen LogP contribution in [0.4, 0.5) is 9.52 Å². The van der Waals surface area contributed by atoms with E-state index in [1.807, 2.05) is 6.07 Å². The highest BCUT2D eigenvalue weighted by Gasteiger charge is 2.41. The fourth-order valence-corrected chi connectivity index (χ4v) is 7.27. The summed E-state index contributed by atoms with van der Waals surface area (Å²) in [5, 5.41) is 0.948. The van der Waals surface area contributed by atoms with Gasteiger partial charge in [-0.3, -0.25) is 4.79 Å². The maximum Gasteiger partial charge on any atom is 0.243 e. The number of halogens is 1. The molecule has 2 aliphatic heterocycles. The van der Waals surface area contributed by atoms with Gasteiger partial charge in [0.2, 0.25) is 15.9 Å². The van der Waals surface area contributed by atoms with Crippen LogP contribution in [0.1, 0.15) is 18.4 Å². The number of carbonyl (C=O) groups excluding carboxylic acids is 1. The third kappa shape index (κ3) is 4.22. The van der Waals surface area contributed by atoms with Crippen LogP contribution in [0.25, 0.3) is 10.2 Å². The van der Waals surface area contributed by atoms with E-state index < -0.39 is 21.9 Å². The summed E-state index contributed by atoms with van der Waals surface area (Å²) in [5.41, 5.74) is 2.18. The molecular weight excluding hydrogens is 463 g/mol. The summed E-state index contributed by atoms with van der Waals surface area (Å²) < 4.78 is 41.9. The number of fused-ring (bicyclic) bond motifs is 1. The molecule has 2 fully saturated rings. The Balaban J connectivity index is 1.27. The highest BCUT2D eigenvalue weighted by molar-refractivity contribution is 7.89. The van der Waals surface area contributed by atoms with Crippen molar-refractivity contribution in [3.05, 3.63) is 53.8 Å². The Morgan fingerprint density at radius 2 is 1.79 bits per heavy atom. The number of nitrogens with zero attached hydrogens (tertiary/aromatic N) is 4. The molecule has 1 amide bonds. The molecule has 3 aromatic rings. The van der Waals surface area contributed by atoms with Gasteiger partial charge in [0.05, 0.1) is 15.1 Å². The van der Waals surface area contributed by atoms with Gasteiger partial charge in [0, 0.05) is 32.7 Å². The molecular formula is C23H25FN4O3S2. The summed E-state index contributed by atoms with van der Waals surface area (Å²) in [6.07, 6.45) is 1.12. The molecule has 7 nitrogen and oxygen atoms in total. The number of piperazine rings is 1. The number of hydrogen-bond donors (Lipinski definition) is 0. The van der Waals surface area contributed by atoms with E-state index in [9.17, 15) is 17.6 Å². The number of carbonyl (C=O) groups is 1. The Labute approximate surface area is 196 Å². The second-order valence-corrected chi connectivity index (χ2v) is 11.4. The first kappa shape index (κ1) is 22.2. The summed E-state index contributed by atoms with van der Waals surface area (Å²) in [5.74, 6) is -0.651. The molecule has 1 atom stereocenters. The fourth-order valence-electron chi connectivity index (χ4n) is 4.50. The number of sulfonamides is 1. The van der Waals surface area contributed by atoms with Crippen molar-refractivity contribution in [2.75, 3.05) is 37.6 Å². The number of aryl methyl sites for hydroxylation is 1. The lowest BCUT2D eigenvalue weighted by Crippen LogP contribution is -2.54. The molecule has 174 valence electrons. The van der Waals surface area contributed by atoms with E-state index in [2.05, 4.69) is 24.0 Å². The molecule has 10 heteroatoms. The maximum atomic E-state index is 13.3. The summed E-state index contributed by atoms with van der Waals surface area (Å²) >= 11 is 1.65. The molecule has 0 saturated carbocycles. The largest absolute Gasteiger partial charge is 0.345 e. The van der Waals surface area contributed by atoms with E-state index in [1.54, 1.807) is 16.2 Å². The molecule has 5 rings (SSSR count). The van der Waals surface area contributed by atoms with Crippen LogP contribution >= 0.6 is 11.3 Å². The van der Waals surface area contributed by atoms with Gasteiger partial charge >= 0.3 is 0 Å². The summed E-state index contributed by atoms with van der Waals surface area (Å²) in [6.45, 7) is 4.71. The number of amides is 1. The van der Waals surface area contributed by atoms with E-state index >= 15 is 0 Å². The van der Waals surface area contributed by atoms with Gasteiger partial charge in [0.1, 0.15) is 11.9 Å². The molecule has 0 bridgehead atoms. The van der Waals surface area contributed by atoms with Crippen molar-refractivity contribution in [2.24, 2.45) is 0 Å². The van der Waals surface area contributed by atoms with Gasteiger partial charge in [-0.05, 0) is 61.7 Å². The van der Waals surface area contributed by atoms with Crippen LogP contribution in [0.15, 0.2) is 47.4 Å². The maximum absolute atomic E-state index is 13.3. The molecule has 2 saturated heterocycles. The molecule has 0 aliphatic carbocycles. The standard InChI is InChI=1S/C23H25FN4O3S2/c1-16-4-9-19-21(15-16)32-23(25-19)27-13-11-26(12-14-27)22(29)20-3-2-10-28(20)33(30,31)18-7-5-17(24)6-8-18/h4-9,15,20H,2-3,10-14H2,1H3/t20-/m1/s1. The zero-order valence-electron chi connectivity index (χ0n) is 18.3. The molecule has 3 heterocycles. The minimum atomic E-state index is -3.86. The number of benzene rings is 2. The van der Waals surface area contributed by atoms with Crippen molar-refractivity contribution in [3.8, 4) is 0 Å². The Morgan fingerprint density at radius 1 is 1.06 bits per heavy atom. The predicted octanol–water partition coefficient (Wildman–Crippen LogP) is 3.25. The molecule has 0 unspecified atom stereocenters. The van der Waals surface area contributed by atoms with Crippen LogP contribution < -0.4 is 4.90 Å². The van der Waals surface area contributed by atoms with Crippen LogP contribution in [0, 0.1) is 12.7 Å². The van der Waals surface area contributed by atoms with Gasteiger partial charge in [-0.15, -0.1) is 0 Å². The van der Waals surface area contributed by atoms with Gasteiger partial charge in [0.25, 0.3) is 0 Å². The van der Waals surface area contributed by atoms with Crippen LogP contribution in [0.5, 0.6) is 0 Å². The third-order valence-corrected chi connectivity index (χ3v) is 9.30. The first-order valence-corrected chi connectivity index (χ1v) is 13.3. The normalized spacial score (nSPS) is 20.0. The molecule has 0 radical (unpaired) electrons. The molecule has 2 aliphatic rings. The molecule has 0 N–H and O–H groups in total. The van der Waals surface area contributed by atoms with E-state index in [0.29, 0.717) is 45.6 Å². The Morgan fingerprint density at radius 3 is 2.52 bits per heavy atom. The number of aromatic nitrogens is 1. The monoisotopic (exact) mass is 488 g/mol. The minimum absolute atomic E-state index is 0.0134. The van der Waals surface area contributed by atoms with Crippen molar-refractivity contribution in [2.45, 2.75) is 30.7 Å². The average Bonchev–Trinajstić information content (AvgIpc) is 3.46. The Hall–Kier alpha value is -2.56. The fraction of sp³-hybridized carbons (Fsp3) is 0.391. The highest BCUT2D eigenvalue weighted by atomic mass is 32.2. The van der Waals surface area contributed by atoms with Crippen molar-refractivity contribution in [1.82, 2.24) is 14.2 Å². The van der Waals surface area contributed by atoms with Gasteiger partial charge < -0.3 is 9.80 Å². The van der Waals surface area contributed by atoms with Crippen molar-refractivity contribution in [1.29, 1.82) is 0 Å². The topological polar surface area (TPSA) is 73.8 Å². The second-order valence-electron chi connectivity index (χ2n) is 8.51. The van der Waals surface area contributed by atoms with Crippen molar-refractivity contribution < 1.29 is 17.6 Å². The third-order valence-electron chi connectivity index (χ3n) is 6.30. The quantitative estimate of drug-likeness (QED) is 0.564. The lowest BCUT2D eigenvalue weighted by Gasteiger charge is -2.37. The van der Waals surface area contributed by atoms with Gasteiger partial charge in [0.15, 0.2) is 5.13 Å². The van der Waals surface area contributed by atoms with Gasteiger partial charge in [-0.25, -0.2) is 17.8 Å². The van der Waals surface area contributed by atoms with Gasteiger partial charge in [-0.2, -0.15) is 4.31 Å². The van der Waals surface area contributed by atoms with Crippen molar-refractivity contribution in [3.63, 3.8) is 0 Å². The van der Waals surface area contributed by atoms with Crippen molar-refractivity contribution >= 4 is 42.6 Å².